The highest BCUT2D eigenvalue weighted by atomic mass is 16.5. The van der Waals surface area contributed by atoms with Gasteiger partial charge in [0.05, 0.1) is 11.8 Å². The summed E-state index contributed by atoms with van der Waals surface area (Å²) in [5, 5.41) is 6.43. The number of amides is 1. The van der Waals surface area contributed by atoms with Crippen LogP contribution in [0.25, 0.3) is 0 Å². The maximum Gasteiger partial charge on any atom is 0.255 e. The molecule has 0 aromatic carbocycles. The predicted octanol–water partition coefficient (Wildman–Crippen LogP) is 1.30. The van der Waals surface area contributed by atoms with E-state index in [4.69, 9.17) is 13.7 Å². The van der Waals surface area contributed by atoms with Crippen LogP contribution in [-0.2, 0) is 11.3 Å². The molecule has 0 aliphatic rings. The number of methoxy groups -OCH3 is 1. The lowest BCUT2D eigenvalue weighted by molar-refractivity contribution is 0.0932. The molecule has 2 aromatic heterocycles. The van der Waals surface area contributed by atoms with Crippen LogP contribution in [0, 0.1) is 0 Å². The first-order chi connectivity index (χ1) is 8.70. The van der Waals surface area contributed by atoms with E-state index in [2.05, 4.69) is 15.5 Å². The van der Waals surface area contributed by atoms with Crippen molar-refractivity contribution >= 4 is 5.91 Å². The number of ether oxygens (including phenoxy) is 1. The van der Waals surface area contributed by atoms with Crippen molar-refractivity contribution in [3.63, 3.8) is 0 Å². The lowest BCUT2D eigenvalue weighted by atomic mass is 10.2. The number of hydrogen-bond acceptors (Lipinski definition) is 6. The Kier molecular flexibility index (Phi) is 3.73. The third-order valence-corrected chi connectivity index (χ3v) is 2.26. The van der Waals surface area contributed by atoms with E-state index in [-0.39, 0.29) is 18.6 Å². The Bertz CT molecular complexity index is 506. The van der Waals surface area contributed by atoms with Gasteiger partial charge >= 0.3 is 0 Å². The normalized spacial score (nSPS) is 12.3. The lowest BCUT2D eigenvalue weighted by Crippen LogP contribution is -2.26. The third kappa shape index (κ3) is 2.75. The second-order valence-electron chi connectivity index (χ2n) is 3.69. The van der Waals surface area contributed by atoms with Gasteiger partial charge in [-0.05, 0) is 13.0 Å². The molecule has 0 radical (unpaired) electrons. The van der Waals surface area contributed by atoms with Crippen LogP contribution in [0.2, 0.25) is 0 Å². The number of furan rings is 1. The molecule has 1 atom stereocenters. The minimum absolute atomic E-state index is 0.261. The van der Waals surface area contributed by atoms with Crippen molar-refractivity contribution in [2.24, 2.45) is 0 Å². The molecule has 0 saturated heterocycles. The Morgan fingerprint density at radius 2 is 2.44 bits per heavy atom. The van der Waals surface area contributed by atoms with Gasteiger partial charge in [0.15, 0.2) is 5.82 Å². The molecule has 0 unspecified atom stereocenters. The molecule has 7 nitrogen and oxygen atoms in total. The topological polar surface area (TPSA) is 90.4 Å². The van der Waals surface area contributed by atoms with Crippen LogP contribution >= 0.6 is 0 Å². The molecule has 0 saturated carbocycles. The third-order valence-electron chi connectivity index (χ3n) is 2.26. The van der Waals surface area contributed by atoms with Gasteiger partial charge in [-0.25, -0.2) is 0 Å². The Hall–Kier alpha value is -2.15. The van der Waals surface area contributed by atoms with E-state index < -0.39 is 0 Å². The van der Waals surface area contributed by atoms with Crippen molar-refractivity contribution in [2.45, 2.75) is 19.6 Å². The summed E-state index contributed by atoms with van der Waals surface area (Å²) in [4.78, 5) is 15.8. The summed E-state index contributed by atoms with van der Waals surface area (Å²) in [6.45, 7) is 2.02. The molecule has 2 aromatic rings. The van der Waals surface area contributed by atoms with E-state index in [0.29, 0.717) is 17.3 Å². The Morgan fingerprint density at radius 3 is 3.11 bits per heavy atom. The van der Waals surface area contributed by atoms with Crippen LogP contribution in [-0.4, -0.2) is 23.2 Å². The van der Waals surface area contributed by atoms with E-state index in [9.17, 15) is 4.79 Å². The molecule has 0 spiro atoms. The zero-order valence-corrected chi connectivity index (χ0v) is 10.0. The number of rotatable bonds is 5. The summed E-state index contributed by atoms with van der Waals surface area (Å²) >= 11 is 0. The zero-order chi connectivity index (χ0) is 13.0. The van der Waals surface area contributed by atoms with Crippen molar-refractivity contribution < 1.29 is 18.5 Å². The van der Waals surface area contributed by atoms with Gasteiger partial charge in [0.1, 0.15) is 18.9 Å². The fourth-order valence-corrected chi connectivity index (χ4v) is 1.37. The summed E-state index contributed by atoms with van der Waals surface area (Å²) < 4.78 is 14.7. The van der Waals surface area contributed by atoms with Crippen LogP contribution in [0.1, 0.15) is 35.0 Å². The molecule has 2 heterocycles. The Balaban J connectivity index is 1.98. The van der Waals surface area contributed by atoms with Gasteiger partial charge in [-0.3, -0.25) is 4.79 Å². The molecular weight excluding hydrogens is 238 g/mol. The minimum Gasteiger partial charge on any atom is -0.472 e. The van der Waals surface area contributed by atoms with Gasteiger partial charge in [-0.2, -0.15) is 4.98 Å². The molecular formula is C11H13N3O4. The maximum atomic E-state index is 11.7. The molecule has 7 heteroatoms. The van der Waals surface area contributed by atoms with E-state index in [1.54, 1.807) is 20.1 Å². The second-order valence-corrected chi connectivity index (χ2v) is 3.69. The van der Waals surface area contributed by atoms with Gasteiger partial charge in [-0.15, -0.1) is 0 Å². The van der Waals surface area contributed by atoms with Crippen LogP contribution < -0.4 is 5.32 Å². The predicted molar refractivity (Wildman–Crippen MR) is 59.6 cm³/mol. The van der Waals surface area contributed by atoms with E-state index in [1.807, 2.05) is 0 Å². The number of carbonyl (C=O) groups excluding carboxylic acids is 1. The average Bonchev–Trinajstić information content (AvgIpc) is 3.00. The molecule has 0 fully saturated rings. The number of carbonyl (C=O) groups is 1. The molecule has 0 aliphatic heterocycles. The molecule has 0 aliphatic carbocycles. The largest absolute Gasteiger partial charge is 0.472 e. The van der Waals surface area contributed by atoms with E-state index >= 15 is 0 Å². The molecule has 2 rings (SSSR count). The quantitative estimate of drug-likeness (QED) is 0.861. The number of nitrogens with zero attached hydrogens (tertiary/aromatic N) is 2. The van der Waals surface area contributed by atoms with Crippen molar-refractivity contribution in [1.82, 2.24) is 15.5 Å². The number of aromatic nitrogens is 2. The maximum absolute atomic E-state index is 11.7. The smallest absolute Gasteiger partial charge is 0.255 e. The Morgan fingerprint density at radius 1 is 1.61 bits per heavy atom. The lowest BCUT2D eigenvalue weighted by Gasteiger charge is -2.07. The highest BCUT2D eigenvalue weighted by Crippen LogP contribution is 2.11. The minimum atomic E-state index is -0.384. The van der Waals surface area contributed by atoms with E-state index in [0.717, 1.165) is 0 Å². The molecule has 18 heavy (non-hydrogen) atoms. The molecule has 1 N–H and O–H groups in total. The first kappa shape index (κ1) is 12.3. The van der Waals surface area contributed by atoms with Crippen molar-refractivity contribution in [2.75, 3.05) is 7.11 Å². The number of nitrogens with one attached hydrogen (secondary N) is 1. The zero-order valence-electron chi connectivity index (χ0n) is 10.0. The molecule has 1 amide bonds. The highest BCUT2D eigenvalue weighted by molar-refractivity contribution is 5.93. The van der Waals surface area contributed by atoms with Gasteiger partial charge in [0, 0.05) is 7.11 Å². The van der Waals surface area contributed by atoms with Crippen molar-refractivity contribution in [3.8, 4) is 0 Å². The summed E-state index contributed by atoms with van der Waals surface area (Å²) in [6.07, 6.45) is 2.80. The molecule has 96 valence electrons. The first-order valence-corrected chi connectivity index (χ1v) is 5.35. The Labute approximate surface area is 103 Å². The summed E-state index contributed by atoms with van der Waals surface area (Å²) in [7, 11) is 1.54. The standard InChI is InChI=1S/C11H13N3O4/c1-7(11-13-9(6-16-2)14-18-11)12-10(15)8-3-4-17-5-8/h3-5,7H,6H2,1-2H3,(H,12,15)/t7-/m0/s1. The SMILES string of the molecule is COCc1noc([C@H](C)NC(=O)c2ccoc2)n1. The second kappa shape index (κ2) is 5.46. The van der Waals surface area contributed by atoms with Gasteiger partial charge in [0.25, 0.3) is 5.91 Å². The average molecular weight is 251 g/mol. The molecule has 0 bridgehead atoms. The van der Waals surface area contributed by atoms with Gasteiger partial charge < -0.3 is 19.0 Å². The number of hydrogen-bond donors (Lipinski definition) is 1. The first-order valence-electron chi connectivity index (χ1n) is 5.35. The van der Waals surface area contributed by atoms with E-state index in [1.165, 1.54) is 12.5 Å². The highest BCUT2D eigenvalue weighted by Gasteiger charge is 2.17. The fraction of sp³-hybridized carbons (Fsp3) is 0.364. The van der Waals surface area contributed by atoms with Crippen LogP contribution in [0.4, 0.5) is 0 Å². The fourth-order valence-electron chi connectivity index (χ4n) is 1.37. The van der Waals surface area contributed by atoms with Crippen LogP contribution in [0.15, 0.2) is 27.5 Å². The van der Waals surface area contributed by atoms with Crippen LogP contribution in [0.3, 0.4) is 0 Å². The van der Waals surface area contributed by atoms with Crippen molar-refractivity contribution in [1.29, 1.82) is 0 Å². The monoisotopic (exact) mass is 251 g/mol. The van der Waals surface area contributed by atoms with Gasteiger partial charge in [-0.1, -0.05) is 5.16 Å². The van der Waals surface area contributed by atoms with Gasteiger partial charge in [0.2, 0.25) is 5.89 Å². The van der Waals surface area contributed by atoms with Crippen LogP contribution in [0.5, 0.6) is 0 Å². The summed E-state index contributed by atoms with van der Waals surface area (Å²) in [5.74, 6) is 0.513. The summed E-state index contributed by atoms with van der Waals surface area (Å²) in [5.41, 5.74) is 0.443. The summed E-state index contributed by atoms with van der Waals surface area (Å²) in [6, 6.07) is 1.19. The van der Waals surface area contributed by atoms with Crippen molar-refractivity contribution in [3.05, 3.63) is 35.9 Å².